The molecule has 150 valence electrons. The van der Waals surface area contributed by atoms with Gasteiger partial charge in [-0.05, 0) is 51.0 Å². The van der Waals surface area contributed by atoms with Crippen molar-refractivity contribution in [2.75, 3.05) is 13.1 Å². The molecule has 0 bridgehead atoms. The SMILES string of the molecule is CCNC(=NCc1cn2c(C)cccc2n1)NCCc1c(C)[nH]c2ccccc12. The van der Waals surface area contributed by atoms with Crippen molar-refractivity contribution in [1.82, 2.24) is 25.0 Å². The van der Waals surface area contributed by atoms with Gasteiger partial charge < -0.3 is 20.0 Å². The van der Waals surface area contributed by atoms with Crippen LogP contribution in [-0.2, 0) is 13.0 Å². The van der Waals surface area contributed by atoms with Crippen molar-refractivity contribution in [3.63, 3.8) is 0 Å². The number of hydrogen-bond donors (Lipinski definition) is 3. The van der Waals surface area contributed by atoms with E-state index in [1.54, 1.807) is 0 Å². The van der Waals surface area contributed by atoms with Crippen LogP contribution >= 0.6 is 0 Å². The second-order valence-corrected chi connectivity index (χ2v) is 7.27. The summed E-state index contributed by atoms with van der Waals surface area (Å²) in [4.78, 5) is 12.9. The van der Waals surface area contributed by atoms with E-state index in [2.05, 4.69) is 82.3 Å². The topological polar surface area (TPSA) is 69.5 Å². The first-order valence-corrected chi connectivity index (χ1v) is 10.2. The average Bonchev–Trinajstić information content (AvgIpc) is 3.27. The molecule has 3 aromatic heterocycles. The number of pyridine rings is 1. The number of benzene rings is 1. The van der Waals surface area contributed by atoms with Crippen LogP contribution in [0, 0.1) is 13.8 Å². The van der Waals surface area contributed by atoms with Crippen molar-refractivity contribution < 1.29 is 0 Å². The molecule has 0 radical (unpaired) electrons. The molecule has 6 heteroatoms. The summed E-state index contributed by atoms with van der Waals surface area (Å²) in [6, 6.07) is 14.6. The third-order valence-electron chi connectivity index (χ3n) is 5.18. The van der Waals surface area contributed by atoms with E-state index in [1.807, 2.05) is 12.1 Å². The van der Waals surface area contributed by atoms with E-state index in [1.165, 1.54) is 27.9 Å². The van der Waals surface area contributed by atoms with Gasteiger partial charge in [0.15, 0.2) is 5.96 Å². The van der Waals surface area contributed by atoms with Crippen molar-refractivity contribution in [2.24, 2.45) is 4.99 Å². The first kappa shape index (κ1) is 19.1. The number of aliphatic imine (C=N–C) groups is 1. The van der Waals surface area contributed by atoms with Crippen LogP contribution in [0.3, 0.4) is 0 Å². The first-order chi connectivity index (χ1) is 14.2. The zero-order chi connectivity index (χ0) is 20.2. The van der Waals surface area contributed by atoms with Gasteiger partial charge >= 0.3 is 0 Å². The highest BCUT2D eigenvalue weighted by Gasteiger charge is 2.08. The number of aryl methyl sites for hydroxylation is 2. The van der Waals surface area contributed by atoms with E-state index in [-0.39, 0.29) is 0 Å². The van der Waals surface area contributed by atoms with Gasteiger partial charge in [0.05, 0.1) is 12.2 Å². The Morgan fingerprint density at radius 2 is 1.97 bits per heavy atom. The lowest BCUT2D eigenvalue weighted by molar-refractivity contribution is 0.797. The molecule has 6 nitrogen and oxygen atoms in total. The number of nitrogens with zero attached hydrogens (tertiary/aromatic N) is 3. The maximum absolute atomic E-state index is 4.72. The van der Waals surface area contributed by atoms with Gasteiger partial charge in [-0.25, -0.2) is 9.98 Å². The van der Waals surface area contributed by atoms with Gasteiger partial charge in [-0.15, -0.1) is 0 Å². The molecule has 0 aliphatic rings. The van der Waals surface area contributed by atoms with Gasteiger partial charge in [-0.1, -0.05) is 24.3 Å². The summed E-state index contributed by atoms with van der Waals surface area (Å²) in [5.74, 6) is 0.818. The Kier molecular flexibility index (Phi) is 5.51. The Bertz CT molecular complexity index is 1150. The zero-order valence-electron chi connectivity index (χ0n) is 17.3. The number of nitrogens with one attached hydrogen (secondary N) is 3. The van der Waals surface area contributed by atoms with Crippen molar-refractivity contribution in [1.29, 1.82) is 0 Å². The summed E-state index contributed by atoms with van der Waals surface area (Å²) < 4.78 is 2.10. The quantitative estimate of drug-likeness (QED) is 0.348. The molecule has 0 saturated heterocycles. The lowest BCUT2D eigenvalue weighted by Crippen LogP contribution is -2.38. The highest BCUT2D eigenvalue weighted by Crippen LogP contribution is 2.21. The Labute approximate surface area is 171 Å². The third-order valence-corrected chi connectivity index (χ3v) is 5.18. The van der Waals surface area contributed by atoms with Gasteiger partial charge in [0, 0.05) is 41.6 Å². The summed E-state index contributed by atoms with van der Waals surface area (Å²) in [6.45, 7) is 8.49. The Balaban J connectivity index is 1.43. The maximum atomic E-state index is 4.72. The lowest BCUT2D eigenvalue weighted by Gasteiger charge is -2.11. The van der Waals surface area contributed by atoms with Crippen LogP contribution in [0.1, 0.15) is 29.6 Å². The third kappa shape index (κ3) is 4.11. The van der Waals surface area contributed by atoms with E-state index in [0.717, 1.165) is 36.8 Å². The van der Waals surface area contributed by atoms with Crippen LogP contribution in [0.4, 0.5) is 0 Å². The average molecular weight is 389 g/mol. The molecular formula is C23H28N6. The minimum absolute atomic E-state index is 0.544. The number of guanidine groups is 1. The van der Waals surface area contributed by atoms with Crippen LogP contribution in [0.2, 0.25) is 0 Å². The molecule has 0 unspecified atom stereocenters. The molecule has 4 aromatic rings. The minimum Gasteiger partial charge on any atom is -0.358 e. The minimum atomic E-state index is 0.544. The van der Waals surface area contributed by atoms with Crippen molar-refractivity contribution >= 4 is 22.5 Å². The summed E-state index contributed by atoms with van der Waals surface area (Å²) in [5.41, 5.74) is 6.88. The highest BCUT2D eigenvalue weighted by atomic mass is 15.2. The van der Waals surface area contributed by atoms with Crippen LogP contribution in [0.25, 0.3) is 16.6 Å². The summed E-state index contributed by atoms with van der Waals surface area (Å²) in [5, 5.41) is 8.08. The van der Waals surface area contributed by atoms with E-state index in [0.29, 0.717) is 6.54 Å². The maximum Gasteiger partial charge on any atom is 0.191 e. The molecule has 0 spiro atoms. The highest BCUT2D eigenvalue weighted by molar-refractivity contribution is 5.84. The predicted molar refractivity (Wildman–Crippen MR) is 119 cm³/mol. The van der Waals surface area contributed by atoms with E-state index >= 15 is 0 Å². The van der Waals surface area contributed by atoms with Crippen molar-refractivity contribution in [2.45, 2.75) is 33.7 Å². The van der Waals surface area contributed by atoms with Gasteiger partial charge in [-0.2, -0.15) is 0 Å². The molecule has 0 aliphatic heterocycles. The number of rotatable bonds is 6. The summed E-state index contributed by atoms with van der Waals surface area (Å²) in [6.07, 6.45) is 3.00. The summed E-state index contributed by atoms with van der Waals surface area (Å²) in [7, 11) is 0. The number of H-pyrrole nitrogens is 1. The van der Waals surface area contributed by atoms with E-state index in [9.17, 15) is 0 Å². The second kappa shape index (κ2) is 8.39. The predicted octanol–water partition coefficient (Wildman–Crippen LogP) is 3.73. The molecule has 0 amide bonds. The molecule has 3 N–H and O–H groups in total. The van der Waals surface area contributed by atoms with E-state index < -0.39 is 0 Å². The monoisotopic (exact) mass is 388 g/mol. The smallest absolute Gasteiger partial charge is 0.191 e. The number of para-hydroxylation sites is 1. The standard InChI is InChI=1S/C23H28N6/c1-4-24-23(26-14-18-15-29-16(2)8-7-11-22(29)28-18)25-13-12-19-17(3)27-21-10-6-5-9-20(19)21/h5-11,15,27H,4,12-14H2,1-3H3,(H2,24,25,26). The Hall–Kier alpha value is -3.28. The lowest BCUT2D eigenvalue weighted by atomic mass is 10.1. The summed E-state index contributed by atoms with van der Waals surface area (Å²) >= 11 is 0. The fourth-order valence-corrected chi connectivity index (χ4v) is 3.74. The first-order valence-electron chi connectivity index (χ1n) is 10.2. The number of hydrogen-bond acceptors (Lipinski definition) is 2. The van der Waals surface area contributed by atoms with Crippen molar-refractivity contribution in [3.8, 4) is 0 Å². The van der Waals surface area contributed by atoms with Gasteiger partial charge in [0.25, 0.3) is 0 Å². The zero-order valence-corrected chi connectivity index (χ0v) is 17.3. The van der Waals surface area contributed by atoms with Crippen LogP contribution < -0.4 is 10.6 Å². The molecule has 29 heavy (non-hydrogen) atoms. The molecule has 3 heterocycles. The van der Waals surface area contributed by atoms with Gasteiger partial charge in [-0.3, -0.25) is 0 Å². The van der Waals surface area contributed by atoms with Crippen LogP contribution in [-0.4, -0.2) is 33.4 Å². The molecule has 4 rings (SSSR count). The van der Waals surface area contributed by atoms with Crippen molar-refractivity contribution in [3.05, 3.63) is 71.3 Å². The molecule has 0 saturated carbocycles. The molecule has 0 fully saturated rings. The Morgan fingerprint density at radius 1 is 1.10 bits per heavy atom. The Morgan fingerprint density at radius 3 is 2.79 bits per heavy atom. The van der Waals surface area contributed by atoms with Crippen LogP contribution in [0.15, 0.2) is 53.7 Å². The number of aromatic amines is 1. The number of imidazole rings is 1. The molecule has 0 atom stereocenters. The molecule has 0 aliphatic carbocycles. The van der Waals surface area contributed by atoms with E-state index in [4.69, 9.17) is 4.99 Å². The largest absolute Gasteiger partial charge is 0.358 e. The number of aromatic nitrogens is 3. The fraction of sp³-hybridized carbons (Fsp3) is 0.304. The number of fused-ring (bicyclic) bond motifs is 2. The van der Waals surface area contributed by atoms with Crippen LogP contribution in [0.5, 0.6) is 0 Å². The fourth-order valence-electron chi connectivity index (χ4n) is 3.74. The normalized spacial score (nSPS) is 12.0. The molecule has 1 aromatic carbocycles. The molecular weight excluding hydrogens is 360 g/mol. The second-order valence-electron chi connectivity index (χ2n) is 7.27. The van der Waals surface area contributed by atoms with Gasteiger partial charge in [0.1, 0.15) is 5.65 Å². The van der Waals surface area contributed by atoms with Gasteiger partial charge in [0.2, 0.25) is 0 Å².